The average Bonchev–Trinajstić information content (AvgIpc) is 2.30. The molecule has 0 radical (unpaired) electrons. The summed E-state index contributed by atoms with van der Waals surface area (Å²) in [6.07, 6.45) is 4.33. The number of unbranched alkanes of at least 4 members (excludes halogenated alkanes) is 2. The molecule has 0 saturated heterocycles. The van der Waals surface area contributed by atoms with Gasteiger partial charge in [-0.25, -0.2) is 0 Å². The van der Waals surface area contributed by atoms with Crippen molar-refractivity contribution in [3.8, 4) is 0 Å². The number of aliphatic carboxylic acids is 1. The van der Waals surface area contributed by atoms with E-state index in [1.165, 1.54) is 6.08 Å². The van der Waals surface area contributed by atoms with E-state index in [1.807, 2.05) is 14.1 Å². The van der Waals surface area contributed by atoms with Crippen LogP contribution in [0.3, 0.4) is 0 Å². The summed E-state index contributed by atoms with van der Waals surface area (Å²) in [6, 6.07) is 0. The molecule has 5 nitrogen and oxygen atoms in total. The zero-order valence-corrected chi connectivity index (χ0v) is 11.4. The SMILES string of the molecule is C=CC(=O)NCCCCC[N+](C)(C)CCC(=O)[O-]. The van der Waals surface area contributed by atoms with Crippen LogP contribution in [0.25, 0.3) is 0 Å². The van der Waals surface area contributed by atoms with Gasteiger partial charge >= 0.3 is 0 Å². The van der Waals surface area contributed by atoms with Crippen molar-refractivity contribution in [3.63, 3.8) is 0 Å². The van der Waals surface area contributed by atoms with E-state index in [1.54, 1.807) is 0 Å². The summed E-state index contributed by atoms with van der Waals surface area (Å²) in [6.45, 7) is 5.57. The highest BCUT2D eigenvalue weighted by Crippen LogP contribution is 2.04. The first-order chi connectivity index (χ1) is 8.37. The maximum absolute atomic E-state index is 10.9. The van der Waals surface area contributed by atoms with Crippen molar-refractivity contribution >= 4 is 11.9 Å². The van der Waals surface area contributed by atoms with E-state index in [0.717, 1.165) is 25.8 Å². The number of hydrogen-bond acceptors (Lipinski definition) is 3. The van der Waals surface area contributed by atoms with Gasteiger partial charge in [0.15, 0.2) is 0 Å². The van der Waals surface area contributed by atoms with Crippen LogP contribution in [0.1, 0.15) is 25.7 Å². The minimum Gasteiger partial charge on any atom is -0.550 e. The summed E-state index contributed by atoms with van der Waals surface area (Å²) >= 11 is 0. The van der Waals surface area contributed by atoms with Crippen LogP contribution in [0.2, 0.25) is 0 Å². The van der Waals surface area contributed by atoms with Gasteiger partial charge in [-0.15, -0.1) is 0 Å². The first-order valence-electron chi connectivity index (χ1n) is 6.29. The number of carbonyl (C=O) groups excluding carboxylic acids is 2. The van der Waals surface area contributed by atoms with Crippen LogP contribution in [0.5, 0.6) is 0 Å². The number of quaternary nitrogens is 1. The third kappa shape index (κ3) is 9.84. The molecule has 104 valence electrons. The topological polar surface area (TPSA) is 69.2 Å². The lowest BCUT2D eigenvalue weighted by atomic mass is 10.2. The van der Waals surface area contributed by atoms with Gasteiger partial charge in [0.25, 0.3) is 0 Å². The fourth-order valence-electron chi connectivity index (χ4n) is 1.63. The maximum atomic E-state index is 10.9. The van der Waals surface area contributed by atoms with Gasteiger partial charge in [0.05, 0.1) is 27.2 Å². The lowest BCUT2D eigenvalue weighted by Crippen LogP contribution is -2.43. The fourth-order valence-corrected chi connectivity index (χ4v) is 1.63. The van der Waals surface area contributed by atoms with Crippen molar-refractivity contribution in [2.45, 2.75) is 25.7 Å². The number of hydrogen-bond donors (Lipinski definition) is 1. The van der Waals surface area contributed by atoms with Gasteiger partial charge in [0.2, 0.25) is 5.91 Å². The normalized spacial score (nSPS) is 11.0. The van der Waals surface area contributed by atoms with Crippen LogP contribution in [-0.2, 0) is 9.59 Å². The number of amides is 1. The summed E-state index contributed by atoms with van der Waals surface area (Å²) in [5.74, 6) is -1.13. The maximum Gasteiger partial charge on any atom is 0.243 e. The molecule has 5 heteroatoms. The first-order valence-corrected chi connectivity index (χ1v) is 6.29. The largest absolute Gasteiger partial charge is 0.550 e. The molecule has 0 saturated carbocycles. The van der Waals surface area contributed by atoms with Gasteiger partial charge in [-0.3, -0.25) is 4.79 Å². The van der Waals surface area contributed by atoms with E-state index < -0.39 is 5.97 Å². The van der Waals surface area contributed by atoms with Crippen LogP contribution in [0, 0.1) is 0 Å². The molecule has 0 bridgehead atoms. The third-order valence-electron chi connectivity index (χ3n) is 2.85. The predicted octanol–water partition coefficient (Wildman–Crippen LogP) is -0.325. The third-order valence-corrected chi connectivity index (χ3v) is 2.85. The van der Waals surface area contributed by atoms with E-state index >= 15 is 0 Å². The molecule has 18 heavy (non-hydrogen) atoms. The first kappa shape index (κ1) is 16.6. The molecular weight excluding hydrogens is 232 g/mol. The van der Waals surface area contributed by atoms with Crippen molar-refractivity contribution in [2.75, 3.05) is 33.7 Å². The van der Waals surface area contributed by atoms with Crippen LogP contribution in [0.4, 0.5) is 0 Å². The Morgan fingerprint density at radius 2 is 1.89 bits per heavy atom. The zero-order valence-electron chi connectivity index (χ0n) is 11.4. The number of carboxylic acid groups (broad SMARTS) is 1. The Kier molecular flexibility index (Phi) is 8.03. The Balaban J connectivity index is 3.55. The number of rotatable bonds is 10. The highest BCUT2D eigenvalue weighted by molar-refractivity contribution is 5.86. The second-order valence-electron chi connectivity index (χ2n) is 5.06. The van der Waals surface area contributed by atoms with Crippen molar-refractivity contribution < 1.29 is 19.2 Å². The Morgan fingerprint density at radius 1 is 1.22 bits per heavy atom. The zero-order chi connectivity index (χ0) is 14.0. The fraction of sp³-hybridized carbons (Fsp3) is 0.692. The van der Waals surface area contributed by atoms with Gasteiger partial charge in [0.1, 0.15) is 0 Å². The van der Waals surface area contributed by atoms with Crippen LogP contribution >= 0.6 is 0 Å². The lowest BCUT2D eigenvalue weighted by molar-refractivity contribution is -0.890. The minimum atomic E-state index is -0.992. The molecule has 0 aliphatic heterocycles. The molecule has 0 aliphatic carbocycles. The second-order valence-corrected chi connectivity index (χ2v) is 5.06. The van der Waals surface area contributed by atoms with Gasteiger partial charge in [-0.2, -0.15) is 0 Å². The molecule has 0 aromatic rings. The molecule has 0 unspecified atom stereocenters. The van der Waals surface area contributed by atoms with Crippen molar-refractivity contribution in [2.24, 2.45) is 0 Å². The van der Waals surface area contributed by atoms with Gasteiger partial charge < -0.3 is 19.7 Å². The van der Waals surface area contributed by atoms with E-state index in [9.17, 15) is 14.7 Å². The Bertz CT molecular complexity index is 288. The predicted molar refractivity (Wildman–Crippen MR) is 68.5 cm³/mol. The van der Waals surface area contributed by atoms with E-state index in [4.69, 9.17) is 0 Å². The van der Waals surface area contributed by atoms with E-state index in [2.05, 4.69) is 11.9 Å². The summed E-state index contributed by atoms with van der Waals surface area (Å²) in [5, 5.41) is 13.1. The molecular formula is C13H24N2O3. The highest BCUT2D eigenvalue weighted by Gasteiger charge is 2.13. The molecule has 1 amide bonds. The van der Waals surface area contributed by atoms with Crippen LogP contribution in [-0.4, -0.2) is 50.1 Å². The van der Waals surface area contributed by atoms with Crippen LogP contribution in [0.15, 0.2) is 12.7 Å². The number of carbonyl (C=O) groups is 2. The summed E-state index contributed by atoms with van der Waals surface area (Å²) in [5.41, 5.74) is 0. The molecule has 0 aliphatic rings. The molecule has 0 spiro atoms. The number of carboxylic acids is 1. The number of nitrogens with zero attached hydrogens (tertiary/aromatic N) is 1. The quantitative estimate of drug-likeness (QED) is 0.331. The average molecular weight is 256 g/mol. The molecule has 0 rings (SSSR count). The molecule has 0 atom stereocenters. The summed E-state index contributed by atoms with van der Waals surface area (Å²) in [7, 11) is 4.03. The smallest absolute Gasteiger partial charge is 0.243 e. The van der Waals surface area contributed by atoms with E-state index in [-0.39, 0.29) is 12.3 Å². The summed E-state index contributed by atoms with van der Waals surface area (Å²) in [4.78, 5) is 21.2. The Hall–Kier alpha value is -1.36. The van der Waals surface area contributed by atoms with Crippen molar-refractivity contribution in [1.29, 1.82) is 0 Å². The second kappa shape index (κ2) is 8.69. The monoisotopic (exact) mass is 256 g/mol. The molecule has 0 fully saturated rings. The van der Waals surface area contributed by atoms with E-state index in [0.29, 0.717) is 17.6 Å². The number of nitrogens with one attached hydrogen (secondary N) is 1. The van der Waals surface area contributed by atoms with Gasteiger partial charge in [-0.05, 0) is 25.3 Å². The molecule has 0 heterocycles. The Labute approximate surface area is 109 Å². The van der Waals surface area contributed by atoms with Crippen molar-refractivity contribution in [3.05, 3.63) is 12.7 Å². The molecule has 0 aromatic heterocycles. The molecule has 0 aromatic carbocycles. The minimum absolute atomic E-state index is 0.0996. The standard InChI is InChI=1S/C13H24N2O3/c1-4-12(16)14-9-6-5-7-10-15(2,3)11-8-13(17)18/h4H,1,5-11H2,2-3H3,(H-,14,16,17,18). The van der Waals surface area contributed by atoms with Gasteiger partial charge in [-0.1, -0.05) is 6.58 Å². The lowest BCUT2D eigenvalue weighted by Gasteiger charge is -2.30. The molecule has 1 N–H and O–H groups in total. The Morgan fingerprint density at radius 3 is 2.44 bits per heavy atom. The highest BCUT2D eigenvalue weighted by atomic mass is 16.4. The van der Waals surface area contributed by atoms with Crippen LogP contribution < -0.4 is 10.4 Å². The summed E-state index contributed by atoms with van der Waals surface area (Å²) < 4.78 is 0.687. The van der Waals surface area contributed by atoms with Gasteiger partial charge in [0, 0.05) is 18.9 Å². The van der Waals surface area contributed by atoms with Crippen molar-refractivity contribution in [1.82, 2.24) is 5.32 Å².